The van der Waals surface area contributed by atoms with Gasteiger partial charge in [0, 0.05) is 43.5 Å². The van der Waals surface area contributed by atoms with Gasteiger partial charge in [-0.25, -0.2) is 8.42 Å². The number of hydrogen-bond acceptors (Lipinski definition) is 6. The fourth-order valence-electron chi connectivity index (χ4n) is 5.51. The topological polar surface area (TPSA) is 89.0 Å². The molecule has 2 aliphatic rings. The highest BCUT2D eigenvalue weighted by Crippen LogP contribution is 2.32. The number of aromatic nitrogens is 1. The SMILES string of the molecule is COc1cc(C)c(S(=O)(=O)N2CCCC2COCC(=O)N2CCCCC2Cc2ccccn2)c(C)c1. The second-order valence-corrected chi connectivity index (χ2v) is 11.6. The number of pyridine rings is 1. The molecule has 1 aromatic carbocycles. The Morgan fingerprint density at radius 1 is 1.06 bits per heavy atom. The zero-order valence-corrected chi connectivity index (χ0v) is 22.3. The summed E-state index contributed by atoms with van der Waals surface area (Å²) in [4.78, 5) is 19.7. The van der Waals surface area contributed by atoms with E-state index >= 15 is 0 Å². The van der Waals surface area contributed by atoms with Crippen molar-refractivity contribution in [3.8, 4) is 5.75 Å². The molecule has 9 heteroatoms. The number of carbonyl (C=O) groups excluding carboxylic acids is 1. The molecule has 2 unspecified atom stereocenters. The first kappa shape index (κ1) is 26.6. The number of amides is 1. The number of nitrogens with zero attached hydrogens (tertiary/aromatic N) is 3. The molecular weight excluding hydrogens is 478 g/mol. The van der Waals surface area contributed by atoms with Crippen molar-refractivity contribution in [2.75, 3.05) is 33.4 Å². The fraction of sp³-hybridized carbons (Fsp3) is 0.556. The van der Waals surface area contributed by atoms with E-state index in [1.807, 2.05) is 23.1 Å². The highest BCUT2D eigenvalue weighted by molar-refractivity contribution is 7.89. The second kappa shape index (κ2) is 11.7. The Hall–Kier alpha value is -2.49. The molecule has 0 radical (unpaired) electrons. The normalized spacial score (nSPS) is 21.0. The van der Waals surface area contributed by atoms with Gasteiger partial charge in [0.25, 0.3) is 0 Å². The number of sulfonamides is 1. The highest BCUT2D eigenvalue weighted by atomic mass is 32.2. The van der Waals surface area contributed by atoms with Gasteiger partial charge in [-0.3, -0.25) is 9.78 Å². The number of ether oxygens (including phenoxy) is 2. The maximum Gasteiger partial charge on any atom is 0.248 e. The van der Waals surface area contributed by atoms with E-state index < -0.39 is 10.0 Å². The summed E-state index contributed by atoms with van der Waals surface area (Å²) >= 11 is 0. The van der Waals surface area contributed by atoms with Crippen LogP contribution in [0.5, 0.6) is 5.75 Å². The van der Waals surface area contributed by atoms with Crippen LogP contribution in [0.2, 0.25) is 0 Å². The summed E-state index contributed by atoms with van der Waals surface area (Å²) in [6, 6.07) is 9.19. The Morgan fingerprint density at radius 3 is 2.50 bits per heavy atom. The van der Waals surface area contributed by atoms with Gasteiger partial charge < -0.3 is 14.4 Å². The molecule has 2 aliphatic heterocycles. The Morgan fingerprint density at radius 2 is 1.81 bits per heavy atom. The number of piperidine rings is 1. The van der Waals surface area contributed by atoms with Crippen molar-refractivity contribution < 1.29 is 22.7 Å². The van der Waals surface area contributed by atoms with Gasteiger partial charge in [0.05, 0.1) is 18.6 Å². The summed E-state index contributed by atoms with van der Waals surface area (Å²) in [5.74, 6) is 0.604. The molecule has 1 aromatic heterocycles. The lowest BCUT2D eigenvalue weighted by Crippen LogP contribution is -2.47. The summed E-state index contributed by atoms with van der Waals surface area (Å²) in [6.45, 7) is 4.93. The van der Waals surface area contributed by atoms with Crippen LogP contribution >= 0.6 is 0 Å². The molecule has 0 N–H and O–H groups in total. The maximum atomic E-state index is 13.6. The molecule has 3 heterocycles. The van der Waals surface area contributed by atoms with Crippen molar-refractivity contribution >= 4 is 15.9 Å². The van der Waals surface area contributed by atoms with Crippen molar-refractivity contribution in [1.29, 1.82) is 0 Å². The molecule has 0 spiro atoms. The fourth-order valence-corrected chi connectivity index (χ4v) is 7.61. The Labute approximate surface area is 214 Å². The molecule has 0 saturated carbocycles. The quantitative estimate of drug-likeness (QED) is 0.508. The summed E-state index contributed by atoms with van der Waals surface area (Å²) < 4.78 is 39.9. The third kappa shape index (κ3) is 5.90. The number of hydrogen-bond donors (Lipinski definition) is 0. The zero-order chi connectivity index (χ0) is 25.7. The van der Waals surface area contributed by atoms with Gasteiger partial charge in [-0.1, -0.05) is 6.07 Å². The van der Waals surface area contributed by atoms with Gasteiger partial charge in [0.2, 0.25) is 15.9 Å². The van der Waals surface area contributed by atoms with E-state index in [1.165, 1.54) is 0 Å². The van der Waals surface area contributed by atoms with E-state index in [-0.39, 0.29) is 31.2 Å². The molecule has 2 atom stereocenters. The van der Waals surface area contributed by atoms with E-state index in [4.69, 9.17) is 9.47 Å². The van der Waals surface area contributed by atoms with E-state index in [0.717, 1.165) is 44.3 Å². The summed E-state index contributed by atoms with van der Waals surface area (Å²) in [5, 5.41) is 0. The largest absolute Gasteiger partial charge is 0.497 e. The Balaban J connectivity index is 1.37. The van der Waals surface area contributed by atoms with Crippen LogP contribution in [-0.2, 0) is 26.0 Å². The van der Waals surface area contributed by atoms with Crippen molar-refractivity contribution in [3.63, 3.8) is 0 Å². The molecular formula is C27H37N3O5S. The van der Waals surface area contributed by atoms with E-state index in [9.17, 15) is 13.2 Å². The molecule has 0 aliphatic carbocycles. The maximum absolute atomic E-state index is 13.6. The number of likely N-dealkylation sites (tertiary alicyclic amines) is 1. The third-order valence-corrected chi connectivity index (χ3v) is 9.47. The first-order valence-electron chi connectivity index (χ1n) is 12.8. The average molecular weight is 516 g/mol. The van der Waals surface area contributed by atoms with Gasteiger partial charge in [0.15, 0.2) is 0 Å². The molecule has 36 heavy (non-hydrogen) atoms. The minimum absolute atomic E-state index is 0.0371. The predicted molar refractivity (Wildman–Crippen MR) is 137 cm³/mol. The second-order valence-electron chi connectivity index (χ2n) is 9.78. The van der Waals surface area contributed by atoms with Crippen LogP contribution in [0.15, 0.2) is 41.4 Å². The monoisotopic (exact) mass is 515 g/mol. The van der Waals surface area contributed by atoms with Crippen LogP contribution in [-0.4, -0.2) is 74.0 Å². The molecule has 2 saturated heterocycles. The molecule has 2 fully saturated rings. The van der Waals surface area contributed by atoms with Crippen LogP contribution in [0, 0.1) is 13.8 Å². The highest BCUT2D eigenvalue weighted by Gasteiger charge is 2.37. The van der Waals surface area contributed by atoms with Gasteiger partial charge in [0.1, 0.15) is 12.4 Å². The Kier molecular flexibility index (Phi) is 8.64. The summed E-state index contributed by atoms with van der Waals surface area (Å²) in [5.41, 5.74) is 2.31. The first-order chi connectivity index (χ1) is 17.3. The van der Waals surface area contributed by atoms with E-state index in [0.29, 0.717) is 34.7 Å². The van der Waals surface area contributed by atoms with Crippen LogP contribution in [0.25, 0.3) is 0 Å². The molecule has 1 amide bonds. The predicted octanol–water partition coefficient (Wildman–Crippen LogP) is 3.50. The Bertz CT molecular complexity index is 1130. The lowest BCUT2D eigenvalue weighted by atomic mass is 9.97. The number of aryl methyl sites for hydroxylation is 2. The van der Waals surface area contributed by atoms with E-state index in [2.05, 4.69) is 4.98 Å². The third-order valence-electron chi connectivity index (χ3n) is 7.21. The van der Waals surface area contributed by atoms with Crippen molar-refractivity contribution in [2.45, 2.75) is 69.4 Å². The molecule has 196 valence electrons. The van der Waals surface area contributed by atoms with Gasteiger partial charge in [-0.05, 0) is 81.3 Å². The first-order valence-corrected chi connectivity index (χ1v) is 14.2. The zero-order valence-electron chi connectivity index (χ0n) is 21.5. The van der Waals surface area contributed by atoms with Crippen molar-refractivity contribution in [2.24, 2.45) is 0 Å². The minimum atomic E-state index is -3.69. The number of benzene rings is 1. The van der Waals surface area contributed by atoms with Gasteiger partial charge >= 0.3 is 0 Å². The number of carbonyl (C=O) groups is 1. The van der Waals surface area contributed by atoms with Crippen LogP contribution < -0.4 is 4.74 Å². The van der Waals surface area contributed by atoms with Crippen LogP contribution in [0.4, 0.5) is 0 Å². The molecule has 0 bridgehead atoms. The standard InChI is InChI=1S/C27H37N3O5S/c1-20-15-25(34-3)16-21(2)27(20)36(32,33)30-14-8-11-24(30)18-35-19-26(31)29-13-7-5-10-23(29)17-22-9-4-6-12-28-22/h4,6,9,12,15-16,23-24H,5,7-8,10-11,13-14,17-19H2,1-3H3. The number of methoxy groups -OCH3 is 1. The smallest absolute Gasteiger partial charge is 0.248 e. The van der Waals surface area contributed by atoms with Crippen molar-refractivity contribution in [1.82, 2.24) is 14.2 Å². The lowest BCUT2D eigenvalue weighted by Gasteiger charge is -2.36. The lowest BCUT2D eigenvalue weighted by molar-refractivity contribution is -0.140. The minimum Gasteiger partial charge on any atom is -0.497 e. The average Bonchev–Trinajstić information content (AvgIpc) is 3.34. The summed E-state index contributed by atoms with van der Waals surface area (Å²) in [6.07, 6.45) is 7.05. The molecule has 4 rings (SSSR count). The molecule has 8 nitrogen and oxygen atoms in total. The van der Waals surface area contributed by atoms with Crippen molar-refractivity contribution in [3.05, 3.63) is 53.3 Å². The van der Waals surface area contributed by atoms with Gasteiger partial charge in [-0.15, -0.1) is 0 Å². The van der Waals surface area contributed by atoms with Crippen LogP contribution in [0.3, 0.4) is 0 Å². The number of rotatable bonds is 9. The van der Waals surface area contributed by atoms with Crippen LogP contribution in [0.1, 0.15) is 48.9 Å². The van der Waals surface area contributed by atoms with E-state index in [1.54, 1.807) is 43.6 Å². The summed E-state index contributed by atoms with van der Waals surface area (Å²) in [7, 11) is -2.12. The molecule has 2 aromatic rings. The van der Waals surface area contributed by atoms with Gasteiger partial charge in [-0.2, -0.15) is 4.31 Å².